The van der Waals surface area contributed by atoms with Crippen molar-refractivity contribution in [3.05, 3.63) is 29.8 Å². The van der Waals surface area contributed by atoms with Gasteiger partial charge in [0.1, 0.15) is 5.75 Å². The van der Waals surface area contributed by atoms with E-state index in [4.69, 9.17) is 4.74 Å². The molecule has 1 atom stereocenters. The molecule has 0 radical (unpaired) electrons. The van der Waals surface area contributed by atoms with Crippen LogP contribution in [0.2, 0.25) is 0 Å². The first-order valence-corrected chi connectivity index (χ1v) is 6.64. The van der Waals surface area contributed by atoms with E-state index >= 15 is 0 Å². The highest BCUT2D eigenvalue weighted by Gasteiger charge is 2.28. The van der Waals surface area contributed by atoms with Gasteiger partial charge in [0.05, 0.1) is 18.7 Å². The number of Topliss-reactive ketones (excluding diaryl/α,β-unsaturated/α-hetero) is 1. The standard InChI is InChI=1S/C15H19NO3/c1-3-19-14-7-5-4-6-12(14)13(17)10-16-9-11(2)8-15(16)18/h4-7,11H,3,8-10H2,1-2H3. The molecule has 0 aromatic heterocycles. The second-order valence-electron chi connectivity index (χ2n) is 4.94. The van der Waals surface area contributed by atoms with Gasteiger partial charge in [0.2, 0.25) is 5.91 Å². The molecule has 1 saturated heterocycles. The van der Waals surface area contributed by atoms with Crippen LogP contribution in [-0.2, 0) is 4.79 Å². The monoisotopic (exact) mass is 261 g/mol. The molecule has 4 nitrogen and oxygen atoms in total. The summed E-state index contributed by atoms with van der Waals surface area (Å²) in [6.07, 6.45) is 0.542. The summed E-state index contributed by atoms with van der Waals surface area (Å²) in [6, 6.07) is 7.18. The molecule has 0 saturated carbocycles. The highest BCUT2D eigenvalue weighted by Crippen LogP contribution is 2.21. The van der Waals surface area contributed by atoms with Crippen LogP contribution in [0.15, 0.2) is 24.3 Å². The highest BCUT2D eigenvalue weighted by molar-refractivity contribution is 6.01. The Labute approximate surface area is 113 Å². The first-order chi connectivity index (χ1) is 9.11. The molecule has 1 unspecified atom stereocenters. The van der Waals surface area contributed by atoms with Crippen molar-refractivity contribution in [3.8, 4) is 5.75 Å². The fourth-order valence-electron chi connectivity index (χ4n) is 2.36. The normalized spacial score (nSPS) is 18.7. The molecular weight excluding hydrogens is 242 g/mol. The molecular formula is C15H19NO3. The Morgan fingerprint density at radius 2 is 2.16 bits per heavy atom. The van der Waals surface area contributed by atoms with Gasteiger partial charge < -0.3 is 9.64 Å². The third-order valence-corrected chi connectivity index (χ3v) is 3.23. The summed E-state index contributed by atoms with van der Waals surface area (Å²) >= 11 is 0. The first-order valence-electron chi connectivity index (χ1n) is 6.64. The summed E-state index contributed by atoms with van der Waals surface area (Å²) in [7, 11) is 0. The van der Waals surface area contributed by atoms with Crippen LogP contribution in [0.3, 0.4) is 0 Å². The molecule has 0 N–H and O–H groups in total. The molecule has 0 aliphatic carbocycles. The van der Waals surface area contributed by atoms with Crippen molar-refractivity contribution < 1.29 is 14.3 Å². The molecule has 1 heterocycles. The minimum absolute atomic E-state index is 0.0634. The van der Waals surface area contributed by atoms with Crippen LogP contribution in [0.4, 0.5) is 0 Å². The molecule has 1 fully saturated rings. The topological polar surface area (TPSA) is 46.6 Å². The number of nitrogens with zero attached hydrogens (tertiary/aromatic N) is 1. The van der Waals surface area contributed by atoms with Crippen LogP contribution < -0.4 is 4.74 Å². The van der Waals surface area contributed by atoms with E-state index in [9.17, 15) is 9.59 Å². The number of para-hydroxylation sites is 1. The van der Waals surface area contributed by atoms with Crippen molar-refractivity contribution >= 4 is 11.7 Å². The number of amides is 1. The van der Waals surface area contributed by atoms with E-state index < -0.39 is 0 Å². The lowest BCUT2D eigenvalue weighted by Crippen LogP contribution is -2.31. The number of hydrogen-bond donors (Lipinski definition) is 0. The number of ether oxygens (including phenoxy) is 1. The fourth-order valence-corrected chi connectivity index (χ4v) is 2.36. The zero-order chi connectivity index (χ0) is 13.8. The van der Waals surface area contributed by atoms with E-state index in [0.717, 1.165) is 0 Å². The molecule has 4 heteroatoms. The van der Waals surface area contributed by atoms with Crippen molar-refractivity contribution in [1.82, 2.24) is 4.90 Å². The lowest BCUT2D eigenvalue weighted by molar-refractivity contribution is -0.127. The van der Waals surface area contributed by atoms with Gasteiger partial charge in [0.25, 0.3) is 0 Å². The predicted octanol–water partition coefficient (Wildman–Crippen LogP) is 2.14. The third-order valence-electron chi connectivity index (χ3n) is 3.23. The Hall–Kier alpha value is -1.84. The number of likely N-dealkylation sites (tertiary alicyclic amines) is 1. The van der Waals surface area contributed by atoms with Gasteiger partial charge in [0, 0.05) is 13.0 Å². The van der Waals surface area contributed by atoms with Crippen molar-refractivity contribution in [2.45, 2.75) is 20.3 Å². The van der Waals surface area contributed by atoms with Gasteiger partial charge in [0.15, 0.2) is 5.78 Å². The zero-order valence-electron chi connectivity index (χ0n) is 11.4. The van der Waals surface area contributed by atoms with Gasteiger partial charge in [-0.2, -0.15) is 0 Å². The average Bonchev–Trinajstić information content (AvgIpc) is 2.69. The maximum atomic E-state index is 12.3. The molecule has 2 rings (SSSR count). The molecule has 1 amide bonds. The van der Waals surface area contributed by atoms with E-state index in [1.165, 1.54) is 0 Å². The summed E-state index contributed by atoms with van der Waals surface area (Å²) in [5.41, 5.74) is 0.553. The predicted molar refractivity (Wildman–Crippen MR) is 72.3 cm³/mol. The SMILES string of the molecule is CCOc1ccccc1C(=O)CN1CC(C)CC1=O. The Balaban J connectivity index is 2.10. The second kappa shape index (κ2) is 5.87. The lowest BCUT2D eigenvalue weighted by Gasteiger charge is -2.16. The second-order valence-corrected chi connectivity index (χ2v) is 4.94. The van der Waals surface area contributed by atoms with Crippen molar-refractivity contribution in [3.63, 3.8) is 0 Å². The van der Waals surface area contributed by atoms with E-state index in [1.54, 1.807) is 17.0 Å². The summed E-state index contributed by atoms with van der Waals surface area (Å²) < 4.78 is 5.45. The molecule has 102 valence electrons. The van der Waals surface area contributed by atoms with Crippen LogP contribution in [0.5, 0.6) is 5.75 Å². The van der Waals surface area contributed by atoms with Crippen LogP contribution >= 0.6 is 0 Å². The molecule has 0 bridgehead atoms. The molecule has 1 aromatic carbocycles. The molecule has 1 aromatic rings. The minimum atomic E-state index is -0.0634. The van der Waals surface area contributed by atoms with Crippen LogP contribution in [0.25, 0.3) is 0 Å². The van der Waals surface area contributed by atoms with Crippen molar-refractivity contribution in [2.24, 2.45) is 5.92 Å². The van der Waals surface area contributed by atoms with Gasteiger partial charge in [-0.3, -0.25) is 9.59 Å². The quantitative estimate of drug-likeness (QED) is 0.763. The molecule has 1 aliphatic heterocycles. The van der Waals surface area contributed by atoms with E-state index in [1.807, 2.05) is 26.0 Å². The van der Waals surface area contributed by atoms with E-state index in [2.05, 4.69) is 0 Å². The summed E-state index contributed by atoms with van der Waals surface area (Å²) in [4.78, 5) is 25.6. The van der Waals surface area contributed by atoms with Crippen LogP contribution in [0.1, 0.15) is 30.6 Å². The Kier molecular flexibility index (Phi) is 4.20. The Bertz CT molecular complexity index is 484. The minimum Gasteiger partial charge on any atom is -0.493 e. The van der Waals surface area contributed by atoms with Crippen molar-refractivity contribution in [2.75, 3.05) is 19.7 Å². The number of carbonyl (C=O) groups is 2. The number of carbonyl (C=O) groups excluding carboxylic acids is 2. The Morgan fingerprint density at radius 1 is 1.42 bits per heavy atom. The lowest BCUT2D eigenvalue weighted by atomic mass is 10.1. The van der Waals surface area contributed by atoms with Gasteiger partial charge in [-0.1, -0.05) is 19.1 Å². The molecule has 19 heavy (non-hydrogen) atoms. The number of hydrogen-bond acceptors (Lipinski definition) is 3. The maximum Gasteiger partial charge on any atom is 0.223 e. The highest BCUT2D eigenvalue weighted by atomic mass is 16.5. The Morgan fingerprint density at radius 3 is 2.79 bits per heavy atom. The maximum absolute atomic E-state index is 12.3. The van der Waals surface area contributed by atoms with E-state index in [0.29, 0.717) is 36.8 Å². The van der Waals surface area contributed by atoms with Gasteiger partial charge in [-0.25, -0.2) is 0 Å². The number of ketones is 1. The smallest absolute Gasteiger partial charge is 0.223 e. The largest absolute Gasteiger partial charge is 0.493 e. The average molecular weight is 261 g/mol. The van der Waals surface area contributed by atoms with Gasteiger partial charge in [-0.05, 0) is 25.0 Å². The molecule has 0 spiro atoms. The number of rotatable bonds is 5. The summed E-state index contributed by atoms with van der Waals surface area (Å²) in [6.45, 7) is 5.24. The zero-order valence-corrected chi connectivity index (χ0v) is 11.4. The first kappa shape index (κ1) is 13.6. The van der Waals surface area contributed by atoms with Crippen LogP contribution in [0, 0.1) is 5.92 Å². The molecule has 1 aliphatic rings. The van der Waals surface area contributed by atoms with E-state index in [-0.39, 0.29) is 18.2 Å². The summed E-state index contributed by atoms with van der Waals surface area (Å²) in [5.74, 6) is 0.929. The number of benzene rings is 1. The fraction of sp³-hybridized carbons (Fsp3) is 0.467. The van der Waals surface area contributed by atoms with Gasteiger partial charge in [-0.15, -0.1) is 0 Å². The van der Waals surface area contributed by atoms with Gasteiger partial charge >= 0.3 is 0 Å². The third kappa shape index (κ3) is 3.13. The van der Waals surface area contributed by atoms with Crippen molar-refractivity contribution in [1.29, 1.82) is 0 Å². The summed E-state index contributed by atoms with van der Waals surface area (Å²) in [5, 5.41) is 0. The van der Waals surface area contributed by atoms with Crippen LogP contribution in [-0.4, -0.2) is 36.3 Å².